The Morgan fingerprint density at radius 3 is 2.25 bits per heavy atom. The number of rotatable bonds is 7. The van der Waals surface area contributed by atoms with E-state index in [0.717, 1.165) is 0 Å². The smallest absolute Gasteiger partial charge is 0.342 e. The van der Waals surface area contributed by atoms with E-state index >= 15 is 0 Å². The van der Waals surface area contributed by atoms with E-state index in [0.29, 0.717) is 33.9 Å². The van der Waals surface area contributed by atoms with Crippen molar-refractivity contribution in [3.8, 4) is 5.69 Å². The number of nitrogens with one attached hydrogen (secondary N) is 1. The molecule has 0 aliphatic carbocycles. The molecule has 0 saturated carbocycles. The van der Waals surface area contributed by atoms with E-state index in [2.05, 4.69) is 10.1 Å². The van der Waals surface area contributed by atoms with Crippen LogP contribution in [-0.4, -0.2) is 45.7 Å². The van der Waals surface area contributed by atoms with Crippen molar-refractivity contribution in [1.29, 1.82) is 0 Å². The fourth-order valence-electron chi connectivity index (χ4n) is 3.59. The zero-order chi connectivity index (χ0) is 23.6. The molecule has 0 fully saturated rings. The molecule has 0 unspecified atom stereocenters. The zero-order valence-electron chi connectivity index (χ0n) is 18.5. The molecule has 2 aromatic heterocycles. The number of H-pyrrole nitrogens is 1. The van der Waals surface area contributed by atoms with Crippen molar-refractivity contribution in [2.45, 2.75) is 34.6 Å². The third-order valence-electron chi connectivity index (χ3n) is 5.10. The fraction of sp³-hybridized carbons (Fsp3) is 0.304. The first-order valence-electron chi connectivity index (χ1n) is 10.0. The van der Waals surface area contributed by atoms with Gasteiger partial charge in [0.15, 0.2) is 6.61 Å². The van der Waals surface area contributed by atoms with E-state index in [4.69, 9.17) is 9.47 Å². The molecule has 2 heterocycles. The number of Topliss-reactive ketones (excluding diaryl/α,β-unsaturated/α-hetero) is 1. The number of ketones is 1. The molecule has 8 nitrogen and oxygen atoms in total. The Kier molecular flexibility index (Phi) is 6.57. The summed E-state index contributed by atoms with van der Waals surface area (Å²) in [5.41, 5.74) is 3.17. The number of ether oxygens (including phenoxy) is 2. The molecule has 0 aliphatic rings. The van der Waals surface area contributed by atoms with Crippen LogP contribution in [0.4, 0.5) is 4.39 Å². The van der Waals surface area contributed by atoms with Gasteiger partial charge in [-0.1, -0.05) is 0 Å². The van der Waals surface area contributed by atoms with E-state index in [9.17, 15) is 18.8 Å². The zero-order valence-corrected chi connectivity index (χ0v) is 18.5. The molecule has 3 aromatic rings. The molecule has 3 rings (SSSR count). The third kappa shape index (κ3) is 4.32. The first kappa shape index (κ1) is 22.9. The van der Waals surface area contributed by atoms with Crippen molar-refractivity contribution in [2.75, 3.05) is 13.2 Å². The SMILES string of the molecule is CCOC(=O)c1c(C)[nH]c(C(=O)COC(=O)c2c(C)nn(-c3ccc(F)cc3)c2C)c1C. The first-order chi connectivity index (χ1) is 15.1. The maximum absolute atomic E-state index is 13.2. The molecule has 0 saturated heterocycles. The number of aromatic amines is 1. The van der Waals surface area contributed by atoms with Crippen molar-refractivity contribution in [1.82, 2.24) is 14.8 Å². The van der Waals surface area contributed by atoms with Crippen molar-refractivity contribution in [3.63, 3.8) is 0 Å². The van der Waals surface area contributed by atoms with E-state index in [-0.39, 0.29) is 23.7 Å². The first-order valence-corrected chi connectivity index (χ1v) is 10.0. The van der Waals surface area contributed by atoms with Crippen LogP contribution in [0.5, 0.6) is 0 Å². The Morgan fingerprint density at radius 2 is 1.62 bits per heavy atom. The molecule has 0 spiro atoms. The quantitative estimate of drug-likeness (QED) is 0.442. The van der Waals surface area contributed by atoms with E-state index in [1.807, 2.05) is 0 Å². The van der Waals surface area contributed by atoms with Gasteiger partial charge in [0.05, 0.1) is 34.9 Å². The highest BCUT2D eigenvalue weighted by molar-refractivity contribution is 6.03. The lowest BCUT2D eigenvalue weighted by Gasteiger charge is -2.06. The fourth-order valence-corrected chi connectivity index (χ4v) is 3.59. The number of nitrogens with zero attached hydrogens (tertiary/aromatic N) is 2. The van der Waals surface area contributed by atoms with Gasteiger partial charge in [-0.2, -0.15) is 5.10 Å². The monoisotopic (exact) mass is 441 g/mol. The van der Waals surface area contributed by atoms with Gasteiger partial charge in [-0.25, -0.2) is 18.7 Å². The summed E-state index contributed by atoms with van der Waals surface area (Å²) < 4.78 is 25.0. The predicted molar refractivity (Wildman–Crippen MR) is 114 cm³/mol. The minimum absolute atomic E-state index is 0.189. The van der Waals surface area contributed by atoms with Crippen LogP contribution in [-0.2, 0) is 9.47 Å². The number of hydrogen-bond acceptors (Lipinski definition) is 6. The molecule has 0 bridgehead atoms. The number of esters is 2. The number of aryl methyl sites for hydroxylation is 2. The summed E-state index contributed by atoms with van der Waals surface area (Å²) in [6.45, 7) is 8.03. The topological polar surface area (TPSA) is 103 Å². The van der Waals surface area contributed by atoms with Crippen molar-refractivity contribution in [3.05, 3.63) is 69.5 Å². The highest BCUT2D eigenvalue weighted by Crippen LogP contribution is 2.21. The standard InChI is InChI=1S/C23H24FN3O5/c1-6-31-22(29)19-12(2)21(25-13(19)3)18(28)11-32-23(30)20-14(4)26-27(15(20)5)17-9-7-16(24)8-10-17/h7-10,25H,6,11H2,1-5H3. The second-order valence-corrected chi connectivity index (χ2v) is 7.28. The number of carbonyl (C=O) groups excluding carboxylic acids is 3. The van der Waals surface area contributed by atoms with Gasteiger partial charge < -0.3 is 14.5 Å². The van der Waals surface area contributed by atoms with Gasteiger partial charge in [-0.3, -0.25) is 4.79 Å². The average Bonchev–Trinajstić information content (AvgIpc) is 3.21. The Labute approximate surface area is 184 Å². The van der Waals surface area contributed by atoms with Gasteiger partial charge in [-0.05, 0) is 64.4 Å². The number of benzene rings is 1. The van der Waals surface area contributed by atoms with Crippen LogP contribution in [0.1, 0.15) is 60.8 Å². The second-order valence-electron chi connectivity index (χ2n) is 7.28. The lowest BCUT2D eigenvalue weighted by molar-refractivity contribution is 0.0470. The van der Waals surface area contributed by atoms with Crippen molar-refractivity contribution in [2.24, 2.45) is 0 Å². The highest BCUT2D eigenvalue weighted by Gasteiger charge is 2.25. The van der Waals surface area contributed by atoms with Gasteiger partial charge in [0, 0.05) is 5.69 Å². The van der Waals surface area contributed by atoms with Gasteiger partial charge in [0.2, 0.25) is 5.78 Å². The maximum atomic E-state index is 13.2. The molecule has 1 aromatic carbocycles. The normalized spacial score (nSPS) is 10.8. The predicted octanol–water partition coefficient (Wildman–Crippen LogP) is 3.79. The van der Waals surface area contributed by atoms with Gasteiger partial charge >= 0.3 is 11.9 Å². The van der Waals surface area contributed by atoms with Crippen LogP contribution in [0.25, 0.3) is 5.69 Å². The number of carbonyl (C=O) groups is 3. The van der Waals surface area contributed by atoms with Crippen LogP contribution in [0.2, 0.25) is 0 Å². The molecule has 0 amide bonds. The number of hydrogen-bond donors (Lipinski definition) is 1. The molecular weight excluding hydrogens is 417 g/mol. The molecule has 32 heavy (non-hydrogen) atoms. The minimum Gasteiger partial charge on any atom is -0.462 e. The summed E-state index contributed by atoms with van der Waals surface area (Å²) in [4.78, 5) is 40.4. The lowest BCUT2D eigenvalue weighted by atomic mass is 10.1. The van der Waals surface area contributed by atoms with Crippen LogP contribution in [0, 0.1) is 33.5 Å². The number of halogens is 1. The lowest BCUT2D eigenvalue weighted by Crippen LogP contribution is -2.16. The van der Waals surface area contributed by atoms with Crippen LogP contribution < -0.4 is 0 Å². The van der Waals surface area contributed by atoms with Crippen molar-refractivity contribution < 1.29 is 28.2 Å². The summed E-state index contributed by atoms with van der Waals surface area (Å²) in [5, 5.41) is 4.33. The third-order valence-corrected chi connectivity index (χ3v) is 5.10. The Morgan fingerprint density at radius 1 is 1.00 bits per heavy atom. The van der Waals surface area contributed by atoms with Crippen LogP contribution in [0.15, 0.2) is 24.3 Å². The molecule has 9 heteroatoms. The summed E-state index contributed by atoms with van der Waals surface area (Å²) in [6.07, 6.45) is 0. The molecule has 1 N–H and O–H groups in total. The Balaban J connectivity index is 1.77. The molecule has 0 aliphatic heterocycles. The largest absolute Gasteiger partial charge is 0.462 e. The van der Waals surface area contributed by atoms with Crippen LogP contribution in [0.3, 0.4) is 0 Å². The Bertz CT molecular complexity index is 1190. The minimum atomic E-state index is -0.701. The highest BCUT2D eigenvalue weighted by atomic mass is 19.1. The molecule has 0 radical (unpaired) electrons. The number of aromatic nitrogens is 3. The summed E-state index contributed by atoms with van der Waals surface area (Å²) in [5.74, 6) is -2.08. The van der Waals surface area contributed by atoms with Gasteiger partial charge in [-0.15, -0.1) is 0 Å². The van der Waals surface area contributed by atoms with Gasteiger partial charge in [0.25, 0.3) is 0 Å². The average molecular weight is 441 g/mol. The molecule has 0 atom stereocenters. The van der Waals surface area contributed by atoms with Crippen molar-refractivity contribution >= 4 is 17.7 Å². The molecule has 168 valence electrons. The van der Waals surface area contributed by atoms with E-state index in [1.54, 1.807) is 46.8 Å². The summed E-state index contributed by atoms with van der Waals surface area (Å²) in [7, 11) is 0. The summed E-state index contributed by atoms with van der Waals surface area (Å²) >= 11 is 0. The summed E-state index contributed by atoms with van der Waals surface area (Å²) in [6, 6.07) is 5.69. The van der Waals surface area contributed by atoms with E-state index in [1.165, 1.54) is 16.8 Å². The van der Waals surface area contributed by atoms with E-state index < -0.39 is 24.3 Å². The Hall–Kier alpha value is -3.75. The maximum Gasteiger partial charge on any atom is 0.342 e. The van der Waals surface area contributed by atoms with Crippen LogP contribution >= 0.6 is 0 Å². The second kappa shape index (κ2) is 9.17. The molecular formula is C23H24FN3O5. The van der Waals surface area contributed by atoms with Gasteiger partial charge in [0.1, 0.15) is 11.4 Å².